The maximum atomic E-state index is 14.2. The highest BCUT2D eigenvalue weighted by molar-refractivity contribution is 6.09. The highest BCUT2D eigenvalue weighted by atomic mass is 19.1. The van der Waals surface area contributed by atoms with Gasteiger partial charge in [-0.15, -0.1) is 0 Å². The van der Waals surface area contributed by atoms with Crippen molar-refractivity contribution in [2.75, 3.05) is 57.7 Å². The second-order valence-corrected chi connectivity index (χ2v) is 5.50. The van der Waals surface area contributed by atoms with Crippen LogP contribution in [0.3, 0.4) is 0 Å². The summed E-state index contributed by atoms with van der Waals surface area (Å²) in [5.41, 5.74) is 0.593. The molecule has 0 atom stereocenters. The van der Waals surface area contributed by atoms with E-state index in [1.54, 1.807) is 6.07 Å². The molecule has 1 aromatic carbocycles. The molecule has 0 spiro atoms. The van der Waals surface area contributed by atoms with Crippen molar-refractivity contribution < 1.29 is 28.6 Å². The Balaban J connectivity index is 2.33. The van der Waals surface area contributed by atoms with Gasteiger partial charge in [0.25, 0.3) is 5.91 Å². The Labute approximate surface area is 150 Å². The number of halogens is 1. The van der Waals surface area contributed by atoms with E-state index in [1.807, 2.05) is 0 Å². The molecule has 1 aliphatic heterocycles. The maximum absolute atomic E-state index is 14.2. The molecule has 1 heterocycles. The number of hydrogen-bond acceptors (Lipinski definition) is 7. The normalized spacial score (nSPS) is 14.0. The van der Waals surface area contributed by atoms with E-state index in [0.29, 0.717) is 18.8 Å². The summed E-state index contributed by atoms with van der Waals surface area (Å²) in [5, 5.41) is 14.8. The first-order chi connectivity index (χ1) is 12.5. The highest BCUT2D eigenvalue weighted by Gasteiger charge is 2.34. The molecule has 8 nitrogen and oxygen atoms in total. The largest absolute Gasteiger partial charge is 0.466 e. The van der Waals surface area contributed by atoms with Crippen LogP contribution >= 0.6 is 0 Å². The molecule has 9 heteroatoms. The van der Waals surface area contributed by atoms with Crippen LogP contribution in [-0.2, 0) is 19.1 Å². The predicted octanol–water partition coefficient (Wildman–Crippen LogP) is 0.557. The maximum Gasteiger partial charge on any atom is 0.337 e. The Hall–Kier alpha value is -2.65. The van der Waals surface area contributed by atoms with E-state index in [4.69, 9.17) is 14.6 Å². The van der Waals surface area contributed by atoms with Gasteiger partial charge >= 0.3 is 5.97 Å². The van der Waals surface area contributed by atoms with Gasteiger partial charge < -0.3 is 30.1 Å². The number of hydrogen-bond donors (Lipinski definition) is 3. The summed E-state index contributed by atoms with van der Waals surface area (Å²) in [6.45, 7) is 0.576. The number of amides is 1. The van der Waals surface area contributed by atoms with Crippen molar-refractivity contribution in [2.45, 2.75) is 0 Å². The zero-order valence-electron chi connectivity index (χ0n) is 14.7. The molecule has 0 saturated carbocycles. The number of aliphatic hydroxyl groups excluding tert-OH is 1. The SMILES string of the molecule is COCCNc1c(F)cccc1NC1=C(C(=O)OC)CN(CCO)C1=O. The van der Waals surface area contributed by atoms with Gasteiger partial charge in [0.1, 0.15) is 11.5 Å². The third-order valence-corrected chi connectivity index (χ3v) is 3.83. The number of nitrogens with one attached hydrogen (secondary N) is 2. The van der Waals surface area contributed by atoms with Gasteiger partial charge in [0, 0.05) is 20.2 Å². The summed E-state index contributed by atoms with van der Waals surface area (Å²) < 4.78 is 23.9. The molecular formula is C17H22FN3O5. The van der Waals surface area contributed by atoms with Gasteiger partial charge in [-0.05, 0) is 12.1 Å². The van der Waals surface area contributed by atoms with Crippen LogP contribution in [0.1, 0.15) is 0 Å². The summed E-state index contributed by atoms with van der Waals surface area (Å²) in [7, 11) is 2.74. The number of anilines is 2. The minimum atomic E-state index is -0.661. The number of methoxy groups -OCH3 is 2. The molecule has 142 valence electrons. The number of nitrogens with zero attached hydrogens (tertiary/aromatic N) is 1. The van der Waals surface area contributed by atoms with Crippen molar-refractivity contribution in [3.63, 3.8) is 0 Å². The van der Waals surface area contributed by atoms with Gasteiger partial charge in [-0.3, -0.25) is 4.79 Å². The average molecular weight is 367 g/mol. The number of aliphatic hydroxyl groups is 1. The Morgan fingerprint density at radius 2 is 2.15 bits per heavy atom. The fourth-order valence-corrected chi connectivity index (χ4v) is 2.57. The predicted molar refractivity (Wildman–Crippen MR) is 93.1 cm³/mol. The number of rotatable bonds is 9. The fourth-order valence-electron chi connectivity index (χ4n) is 2.57. The summed E-state index contributed by atoms with van der Waals surface area (Å²) in [5.74, 6) is -1.64. The first kappa shape index (κ1) is 19.7. The lowest BCUT2D eigenvalue weighted by Crippen LogP contribution is -2.31. The molecule has 3 N–H and O–H groups in total. The average Bonchev–Trinajstić information content (AvgIpc) is 2.93. The monoisotopic (exact) mass is 367 g/mol. The Morgan fingerprint density at radius 3 is 2.81 bits per heavy atom. The van der Waals surface area contributed by atoms with Crippen molar-refractivity contribution in [1.82, 2.24) is 4.90 Å². The van der Waals surface area contributed by atoms with Crippen molar-refractivity contribution in [2.24, 2.45) is 0 Å². The van der Waals surface area contributed by atoms with Crippen LogP contribution < -0.4 is 10.6 Å². The molecule has 0 aliphatic carbocycles. The number of esters is 1. The van der Waals surface area contributed by atoms with Crippen LogP contribution in [-0.4, -0.2) is 69.0 Å². The molecule has 0 unspecified atom stereocenters. The summed E-state index contributed by atoms with van der Waals surface area (Å²) in [6.07, 6.45) is 0. The third kappa shape index (κ3) is 4.30. The van der Waals surface area contributed by atoms with Gasteiger partial charge in [-0.1, -0.05) is 6.07 Å². The van der Waals surface area contributed by atoms with E-state index >= 15 is 0 Å². The van der Waals surface area contributed by atoms with Crippen LogP contribution in [0.15, 0.2) is 29.5 Å². The van der Waals surface area contributed by atoms with Crippen molar-refractivity contribution in [3.05, 3.63) is 35.3 Å². The Bertz CT molecular complexity index is 708. The van der Waals surface area contributed by atoms with E-state index in [9.17, 15) is 14.0 Å². The van der Waals surface area contributed by atoms with Crippen LogP contribution in [0, 0.1) is 5.82 Å². The second-order valence-electron chi connectivity index (χ2n) is 5.50. The van der Waals surface area contributed by atoms with E-state index in [-0.39, 0.29) is 36.7 Å². The molecular weight excluding hydrogens is 345 g/mol. The molecule has 2 rings (SSSR count). The molecule has 1 aromatic rings. The number of para-hydroxylation sites is 1. The second kappa shape index (κ2) is 9.16. The van der Waals surface area contributed by atoms with Crippen molar-refractivity contribution in [1.29, 1.82) is 0 Å². The van der Waals surface area contributed by atoms with Crippen molar-refractivity contribution in [3.8, 4) is 0 Å². The number of carbonyl (C=O) groups excluding carboxylic acids is 2. The van der Waals surface area contributed by atoms with Crippen LogP contribution in [0.25, 0.3) is 0 Å². The van der Waals surface area contributed by atoms with E-state index in [1.165, 1.54) is 31.3 Å². The lowest BCUT2D eigenvalue weighted by atomic mass is 10.2. The zero-order valence-corrected chi connectivity index (χ0v) is 14.7. The standard InChI is InChI=1S/C17H22FN3O5/c1-25-9-6-19-15-12(18)4-3-5-13(15)20-14-11(17(24)26-2)10-21(7-8-22)16(14)23/h3-5,19-20,22H,6-10H2,1-2H3. The van der Waals surface area contributed by atoms with E-state index in [0.717, 1.165) is 0 Å². The van der Waals surface area contributed by atoms with Gasteiger partial charge in [-0.2, -0.15) is 0 Å². The quantitative estimate of drug-likeness (QED) is 0.433. The smallest absolute Gasteiger partial charge is 0.337 e. The Morgan fingerprint density at radius 1 is 1.38 bits per heavy atom. The first-order valence-corrected chi connectivity index (χ1v) is 8.03. The number of carbonyl (C=O) groups is 2. The minimum Gasteiger partial charge on any atom is -0.466 e. The molecule has 1 aliphatic rings. The molecule has 0 aromatic heterocycles. The minimum absolute atomic E-state index is 0.00527. The molecule has 0 saturated heterocycles. The number of benzene rings is 1. The van der Waals surface area contributed by atoms with Crippen LogP contribution in [0.5, 0.6) is 0 Å². The molecule has 26 heavy (non-hydrogen) atoms. The molecule has 0 fully saturated rings. The van der Waals surface area contributed by atoms with Gasteiger partial charge in [-0.25, -0.2) is 9.18 Å². The topological polar surface area (TPSA) is 100 Å². The Kier molecular flexibility index (Phi) is 6.93. The van der Waals surface area contributed by atoms with E-state index < -0.39 is 17.7 Å². The lowest BCUT2D eigenvalue weighted by molar-refractivity contribution is -0.136. The number of β-amino-alcohol motifs (C(OH)–C–C–N with tert-alkyl or cyclic N) is 1. The van der Waals surface area contributed by atoms with Crippen LogP contribution in [0.2, 0.25) is 0 Å². The fraction of sp³-hybridized carbons (Fsp3) is 0.412. The number of ether oxygens (including phenoxy) is 2. The van der Waals surface area contributed by atoms with Crippen molar-refractivity contribution >= 4 is 23.3 Å². The van der Waals surface area contributed by atoms with Gasteiger partial charge in [0.05, 0.1) is 43.8 Å². The zero-order chi connectivity index (χ0) is 19.1. The first-order valence-electron chi connectivity index (χ1n) is 8.03. The highest BCUT2D eigenvalue weighted by Crippen LogP contribution is 2.29. The molecule has 0 radical (unpaired) electrons. The molecule has 0 bridgehead atoms. The summed E-state index contributed by atoms with van der Waals surface area (Å²) in [6, 6.07) is 4.36. The molecule has 1 amide bonds. The van der Waals surface area contributed by atoms with Gasteiger partial charge in [0.15, 0.2) is 0 Å². The summed E-state index contributed by atoms with van der Waals surface area (Å²) in [4.78, 5) is 25.9. The van der Waals surface area contributed by atoms with Gasteiger partial charge in [0.2, 0.25) is 0 Å². The lowest BCUT2D eigenvalue weighted by Gasteiger charge is -2.17. The van der Waals surface area contributed by atoms with E-state index in [2.05, 4.69) is 10.6 Å². The van der Waals surface area contributed by atoms with Crippen LogP contribution in [0.4, 0.5) is 15.8 Å². The third-order valence-electron chi connectivity index (χ3n) is 3.83. The summed E-state index contributed by atoms with van der Waals surface area (Å²) >= 11 is 0.